The molecule has 0 aliphatic heterocycles. The summed E-state index contributed by atoms with van der Waals surface area (Å²) >= 11 is 0. The zero-order chi connectivity index (χ0) is 13.0. The molecular formula is C14H21NO2. The smallest absolute Gasteiger partial charge is 0.253 e. The van der Waals surface area contributed by atoms with Crippen LogP contribution in [0.2, 0.25) is 0 Å². The van der Waals surface area contributed by atoms with Crippen LogP contribution < -0.4 is 0 Å². The Morgan fingerprint density at radius 1 is 1.35 bits per heavy atom. The Balaban J connectivity index is 2.71. The second kappa shape index (κ2) is 5.82. The van der Waals surface area contributed by atoms with Gasteiger partial charge in [0.25, 0.3) is 5.91 Å². The number of amides is 1. The van der Waals surface area contributed by atoms with Crippen molar-refractivity contribution >= 4 is 5.91 Å². The third-order valence-corrected chi connectivity index (χ3v) is 2.98. The van der Waals surface area contributed by atoms with Gasteiger partial charge < -0.3 is 10.0 Å². The molecule has 3 nitrogen and oxygen atoms in total. The van der Waals surface area contributed by atoms with Gasteiger partial charge in [0.1, 0.15) is 0 Å². The number of aliphatic hydroxyl groups is 1. The topological polar surface area (TPSA) is 40.5 Å². The maximum atomic E-state index is 12.1. The molecule has 17 heavy (non-hydrogen) atoms. The van der Waals surface area contributed by atoms with Gasteiger partial charge in [-0.15, -0.1) is 0 Å². The van der Waals surface area contributed by atoms with E-state index >= 15 is 0 Å². The summed E-state index contributed by atoms with van der Waals surface area (Å²) in [7, 11) is 1.76. The summed E-state index contributed by atoms with van der Waals surface area (Å²) in [6.07, 6.45) is 0.234. The number of hydrogen-bond acceptors (Lipinski definition) is 2. The highest BCUT2D eigenvalue weighted by molar-refractivity contribution is 5.94. The lowest BCUT2D eigenvalue weighted by molar-refractivity contribution is 0.0769. The van der Waals surface area contributed by atoms with E-state index in [1.54, 1.807) is 18.9 Å². The van der Waals surface area contributed by atoms with E-state index in [1.807, 2.05) is 32.0 Å². The van der Waals surface area contributed by atoms with Gasteiger partial charge in [-0.1, -0.05) is 6.07 Å². The van der Waals surface area contributed by atoms with Gasteiger partial charge in [0, 0.05) is 19.2 Å². The van der Waals surface area contributed by atoms with Crippen LogP contribution in [0.3, 0.4) is 0 Å². The third kappa shape index (κ3) is 3.86. The second-order valence-electron chi connectivity index (χ2n) is 4.66. The van der Waals surface area contributed by atoms with E-state index in [-0.39, 0.29) is 12.0 Å². The van der Waals surface area contributed by atoms with Crippen LogP contribution in [0.15, 0.2) is 18.2 Å². The predicted octanol–water partition coefficient (Wildman–Crippen LogP) is 2.15. The van der Waals surface area contributed by atoms with Crippen LogP contribution in [0.4, 0.5) is 0 Å². The predicted molar refractivity (Wildman–Crippen MR) is 69.2 cm³/mol. The molecule has 0 aliphatic carbocycles. The molecule has 3 heteroatoms. The summed E-state index contributed by atoms with van der Waals surface area (Å²) in [4.78, 5) is 13.7. The van der Waals surface area contributed by atoms with Gasteiger partial charge in [0.15, 0.2) is 0 Å². The first kappa shape index (κ1) is 13.7. The van der Waals surface area contributed by atoms with Crippen LogP contribution in [-0.4, -0.2) is 35.6 Å². The van der Waals surface area contributed by atoms with Gasteiger partial charge in [0.05, 0.1) is 6.10 Å². The first-order valence-electron chi connectivity index (χ1n) is 5.92. The summed E-state index contributed by atoms with van der Waals surface area (Å²) in [6.45, 7) is 6.33. The fourth-order valence-electron chi connectivity index (χ4n) is 1.58. The fourth-order valence-corrected chi connectivity index (χ4v) is 1.58. The highest BCUT2D eigenvalue weighted by atomic mass is 16.3. The second-order valence-corrected chi connectivity index (χ2v) is 4.66. The maximum absolute atomic E-state index is 12.1. The van der Waals surface area contributed by atoms with E-state index in [2.05, 4.69) is 0 Å². The molecule has 1 unspecified atom stereocenters. The monoisotopic (exact) mass is 235 g/mol. The number of benzene rings is 1. The Bertz CT molecular complexity index is 399. The van der Waals surface area contributed by atoms with E-state index in [0.29, 0.717) is 18.5 Å². The number of nitrogens with zero attached hydrogens (tertiary/aromatic N) is 1. The number of rotatable bonds is 4. The quantitative estimate of drug-likeness (QED) is 0.868. The Hall–Kier alpha value is -1.35. The van der Waals surface area contributed by atoms with Gasteiger partial charge >= 0.3 is 0 Å². The molecule has 0 aliphatic rings. The van der Waals surface area contributed by atoms with Crippen molar-refractivity contribution in [2.75, 3.05) is 13.6 Å². The molecule has 0 aromatic heterocycles. The van der Waals surface area contributed by atoms with E-state index in [4.69, 9.17) is 0 Å². The number of aryl methyl sites for hydroxylation is 2. The lowest BCUT2D eigenvalue weighted by atomic mass is 10.1. The molecule has 1 aromatic carbocycles. The molecule has 0 heterocycles. The zero-order valence-electron chi connectivity index (χ0n) is 11.0. The van der Waals surface area contributed by atoms with Crippen molar-refractivity contribution in [2.24, 2.45) is 0 Å². The molecule has 0 spiro atoms. The van der Waals surface area contributed by atoms with Crippen LogP contribution in [0.5, 0.6) is 0 Å². The van der Waals surface area contributed by atoms with Crippen LogP contribution in [0.1, 0.15) is 34.8 Å². The lowest BCUT2D eigenvalue weighted by Gasteiger charge is -2.18. The van der Waals surface area contributed by atoms with Gasteiger partial charge in [-0.05, 0) is 50.5 Å². The van der Waals surface area contributed by atoms with Crippen molar-refractivity contribution in [2.45, 2.75) is 33.3 Å². The summed E-state index contributed by atoms with van der Waals surface area (Å²) in [5.74, 6) is 0.00810. The molecule has 1 aromatic rings. The molecule has 0 saturated heterocycles. The summed E-state index contributed by atoms with van der Waals surface area (Å²) in [5, 5.41) is 9.20. The van der Waals surface area contributed by atoms with Crippen LogP contribution >= 0.6 is 0 Å². The first-order valence-corrected chi connectivity index (χ1v) is 5.92. The molecule has 0 bridgehead atoms. The van der Waals surface area contributed by atoms with Crippen LogP contribution in [0, 0.1) is 13.8 Å². The number of carbonyl (C=O) groups is 1. The lowest BCUT2D eigenvalue weighted by Crippen LogP contribution is -2.29. The van der Waals surface area contributed by atoms with E-state index < -0.39 is 0 Å². The molecule has 1 atom stereocenters. The van der Waals surface area contributed by atoms with Crippen molar-refractivity contribution in [1.29, 1.82) is 0 Å². The Labute approximate surface area is 103 Å². The van der Waals surface area contributed by atoms with Crippen molar-refractivity contribution in [3.8, 4) is 0 Å². The van der Waals surface area contributed by atoms with Crippen molar-refractivity contribution < 1.29 is 9.90 Å². The minimum absolute atomic E-state index is 0.00810. The fraction of sp³-hybridized carbons (Fsp3) is 0.500. The van der Waals surface area contributed by atoms with Crippen molar-refractivity contribution in [3.05, 3.63) is 34.9 Å². The Kier molecular flexibility index (Phi) is 4.70. The molecule has 94 valence electrons. The van der Waals surface area contributed by atoms with Crippen molar-refractivity contribution in [1.82, 2.24) is 4.90 Å². The van der Waals surface area contributed by atoms with Gasteiger partial charge in [0.2, 0.25) is 0 Å². The maximum Gasteiger partial charge on any atom is 0.253 e. The van der Waals surface area contributed by atoms with Crippen molar-refractivity contribution in [3.63, 3.8) is 0 Å². The highest BCUT2D eigenvalue weighted by Crippen LogP contribution is 2.11. The zero-order valence-corrected chi connectivity index (χ0v) is 11.0. The van der Waals surface area contributed by atoms with Gasteiger partial charge in [-0.2, -0.15) is 0 Å². The van der Waals surface area contributed by atoms with Crippen LogP contribution in [0.25, 0.3) is 0 Å². The highest BCUT2D eigenvalue weighted by Gasteiger charge is 2.12. The largest absolute Gasteiger partial charge is 0.393 e. The number of aliphatic hydroxyl groups excluding tert-OH is 1. The van der Waals surface area contributed by atoms with Crippen LogP contribution in [-0.2, 0) is 0 Å². The molecule has 1 amide bonds. The third-order valence-electron chi connectivity index (χ3n) is 2.98. The Morgan fingerprint density at radius 3 is 2.53 bits per heavy atom. The molecule has 0 radical (unpaired) electrons. The average Bonchev–Trinajstić information content (AvgIpc) is 2.28. The molecule has 1 rings (SSSR count). The minimum atomic E-state index is -0.370. The average molecular weight is 235 g/mol. The van der Waals surface area contributed by atoms with E-state index in [1.165, 1.54) is 5.56 Å². The number of hydrogen-bond donors (Lipinski definition) is 1. The molecule has 0 fully saturated rings. The molecule has 0 saturated carbocycles. The van der Waals surface area contributed by atoms with E-state index in [0.717, 1.165) is 5.56 Å². The SMILES string of the molecule is Cc1ccc(C(=O)N(C)CCC(C)O)cc1C. The normalized spacial score (nSPS) is 12.3. The van der Waals surface area contributed by atoms with E-state index in [9.17, 15) is 9.90 Å². The molecular weight excluding hydrogens is 214 g/mol. The first-order chi connectivity index (χ1) is 7.91. The summed E-state index contributed by atoms with van der Waals surface area (Å²) in [5.41, 5.74) is 3.02. The standard InChI is InChI=1S/C14H21NO2/c1-10-5-6-13(9-11(10)2)14(17)15(4)8-7-12(3)16/h5-6,9,12,16H,7-8H2,1-4H3. The number of carbonyl (C=O) groups excluding carboxylic acids is 1. The minimum Gasteiger partial charge on any atom is -0.393 e. The molecule has 1 N–H and O–H groups in total. The summed E-state index contributed by atoms with van der Waals surface area (Å²) in [6, 6.07) is 5.73. The van der Waals surface area contributed by atoms with Gasteiger partial charge in [-0.3, -0.25) is 4.79 Å². The van der Waals surface area contributed by atoms with Gasteiger partial charge in [-0.25, -0.2) is 0 Å². The summed E-state index contributed by atoms with van der Waals surface area (Å²) < 4.78 is 0. The Morgan fingerprint density at radius 2 is 2.00 bits per heavy atom.